The van der Waals surface area contributed by atoms with E-state index < -0.39 is 5.54 Å². The van der Waals surface area contributed by atoms with Gasteiger partial charge in [-0.15, -0.1) is 0 Å². The van der Waals surface area contributed by atoms with Crippen LogP contribution in [0.3, 0.4) is 0 Å². The molecule has 1 rings (SSSR count). The van der Waals surface area contributed by atoms with E-state index in [2.05, 4.69) is 4.74 Å². The summed E-state index contributed by atoms with van der Waals surface area (Å²) in [5.74, 6) is -0.292. The number of esters is 1. The lowest BCUT2D eigenvalue weighted by Crippen LogP contribution is -2.57. The van der Waals surface area contributed by atoms with E-state index >= 15 is 0 Å². The second kappa shape index (κ2) is 5.46. The van der Waals surface area contributed by atoms with Gasteiger partial charge in [0.05, 0.1) is 19.2 Å². The normalized spacial score (nSPS) is 18.0. The Hall–Kier alpha value is -1.14. The van der Waals surface area contributed by atoms with Gasteiger partial charge in [-0.2, -0.15) is 0 Å². The molecule has 1 saturated heterocycles. The van der Waals surface area contributed by atoms with Gasteiger partial charge in [0.1, 0.15) is 0 Å². The number of hydrogen-bond acceptors (Lipinski definition) is 5. The van der Waals surface area contributed by atoms with Gasteiger partial charge in [0, 0.05) is 26.2 Å². The van der Waals surface area contributed by atoms with Crippen molar-refractivity contribution in [3.63, 3.8) is 0 Å². The molecule has 0 aromatic heterocycles. The SMILES string of the molecule is COC(=O)CN1CCN(C(=O)C(C)(C)N)CC1. The summed E-state index contributed by atoms with van der Waals surface area (Å²) in [6.07, 6.45) is 0. The fourth-order valence-electron chi connectivity index (χ4n) is 1.76. The maximum absolute atomic E-state index is 11.9. The second-order valence-electron chi connectivity index (χ2n) is 4.87. The highest BCUT2D eigenvalue weighted by molar-refractivity contribution is 5.85. The third-order valence-corrected chi connectivity index (χ3v) is 2.79. The van der Waals surface area contributed by atoms with Gasteiger partial charge in [0.15, 0.2) is 0 Å². The van der Waals surface area contributed by atoms with Crippen LogP contribution in [-0.2, 0) is 14.3 Å². The molecule has 0 spiro atoms. The molecule has 0 bridgehead atoms. The summed E-state index contributed by atoms with van der Waals surface area (Å²) in [4.78, 5) is 26.7. The quantitative estimate of drug-likeness (QED) is 0.646. The third kappa shape index (κ3) is 3.98. The molecule has 0 aromatic carbocycles. The zero-order valence-electron chi connectivity index (χ0n) is 10.7. The average molecular weight is 243 g/mol. The molecule has 1 aliphatic rings. The molecular formula is C11H21N3O3. The molecule has 6 nitrogen and oxygen atoms in total. The average Bonchev–Trinajstić information content (AvgIpc) is 2.27. The second-order valence-corrected chi connectivity index (χ2v) is 4.87. The Labute approximate surface area is 102 Å². The number of amides is 1. The van der Waals surface area contributed by atoms with Crippen molar-refractivity contribution in [3.8, 4) is 0 Å². The predicted molar refractivity (Wildman–Crippen MR) is 63.3 cm³/mol. The summed E-state index contributed by atoms with van der Waals surface area (Å²) in [6.45, 7) is 6.26. The minimum Gasteiger partial charge on any atom is -0.468 e. The topological polar surface area (TPSA) is 75.9 Å². The van der Waals surface area contributed by atoms with E-state index in [0.717, 1.165) is 0 Å². The Morgan fingerprint density at radius 1 is 1.24 bits per heavy atom. The summed E-state index contributed by atoms with van der Waals surface area (Å²) in [7, 11) is 1.37. The molecule has 17 heavy (non-hydrogen) atoms. The van der Waals surface area contributed by atoms with Crippen molar-refractivity contribution in [2.75, 3.05) is 39.8 Å². The zero-order valence-corrected chi connectivity index (χ0v) is 10.7. The van der Waals surface area contributed by atoms with Crippen molar-refractivity contribution in [1.29, 1.82) is 0 Å². The lowest BCUT2D eigenvalue weighted by molar-refractivity contribution is -0.143. The van der Waals surface area contributed by atoms with Gasteiger partial charge in [0.25, 0.3) is 0 Å². The highest BCUT2D eigenvalue weighted by Gasteiger charge is 2.30. The first-order chi connectivity index (χ1) is 7.84. The van der Waals surface area contributed by atoms with Crippen LogP contribution in [0.1, 0.15) is 13.8 Å². The zero-order chi connectivity index (χ0) is 13.1. The van der Waals surface area contributed by atoms with E-state index in [-0.39, 0.29) is 18.4 Å². The fraction of sp³-hybridized carbons (Fsp3) is 0.818. The maximum Gasteiger partial charge on any atom is 0.319 e. The van der Waals surface area contributed by atoms with E-state index in [1.54, 1.807) is 18.7 Å². The molecule has 1 amide bonds. The standard InChI is InChI=1S/C11H21N3O3/c1-11(2,12)10(16)14-6-4-13(5-7-14)8-9(15)17-3/h4-8,12H2,1-3H3. The first-order valence-corrected chi connectivity index (χ1v) is 5.72. The van der Waals surface area contributed by atoms with E-state index in [1.807, 2.05) is 4.90 Å². The molecule has 0 radical (unpaired) electrons. The summed E-state index contributed by atoms with van der Waals surface area (Å²) < 4.78 is 4.60. The summed E-state index contributed by atoms with van der Waals surface area (Å²) in [5, 5.41) is 0. The summed E-state index contributed by atoms with van der Waals surface area (Å²) in [5.41, 5.74) is 4.94. The monoisotopic (exact) mass is 243 g/mol. The van der Waals surface area contributed by atoms with Crippen LogP contribution in [-0.4, -0.2) is 67.0 Å². The maximum atomic E-state index is 11.9. The summed E-state index contributed by atoms with van der Waals surface area (Å²) in [6, 6.07) is 0. The highest BCUT2D eigenvalue weighted by atomic mass is 16.5. The smallest absolute Gasteiger partial charge is 0.319 e. The number of hydrogen-bond donors (Lipinski definition) is 1. The third-order valence-electron chi connectivity index (χ3n) is 2.79. The van der Waals surface area contributed by atoms with Gasteiger partial charge in [-0.1, -0.05) is 0 Å². The number of carbonyl (C=O) groups is 2. The minimum absolute atomic E-state index is 0.0461. The van der Waals surface area contributed by atoms with Crippen LogP contribution in [0.15, 0.2) is 0 Å². The number of rotatable bonds is 3. The van der Waals surface area contributed by atoms with Gasteiger partial charge >= 0.3 is 5.97 Å². The van der Waals surface area contributed by atoms with Gasteiger partial charge in [-0.05, 0) is 13.8 Å². The van der Waals surface area contributed by atoms with E-state index in [1.165, 1.54) is 7.11 Å². The van der Waals surface area contributed by atoms with Crippen LogP contribution in [0.5, 0.6) is 0 Å². The van der Waals surface area contributed by atoms with E-state index in [0.29, 0.717) is 26.2 Å². The van der Waals surface area contributed by atoms with Crippen LogP contribution < -0.4 is 5.73 Å². The van der Waals surface area contributed by atoms with E-state index in [4.69, 9.17) is 5.73 Å². The number of ether oxygens (including phenoxy) is 1. The highest BCUT2D eigenvalue weighted by Crippen LogP contribution is 2.08. The first kappa shape index (κ1) is 13.9. The van der Waals surface area contributed by atoms with E-state index in [9.17, 15) is 9.59 Å². The number of nitrogens with two attached hydrogens (primary N) is 1. The van der Waals surface area contributed by atoms with Gasteiger partial charge < -0.3 is 15.4 Å². The molecule has 1 aliphatic heterocycles. The fourth-order valence-corrected chi connectivity index (χ4v) is 1.76. The summed E-state index contributed by atoms with van der Waals surface area (Å²) >= 11 is 0. The number of piperazine rings is 1. The largest absolute Gasteiger partial charge is 0.468 e. The molecule has 0 aromatic rings. The van der Waals surface area contributed by atoms with Crippen molar-refractivity contribution >= 4 is 11.9 Å². The molecule has 98 valence electrons. The van der Waals surface area contributed by atoms with Crippen molar-refractivity contribution in [2.24, 2.45) is 5.73 Å². The first-order valence-electron chi connectivity index (χ1n) is 5.72. The van der Waals surface area contributed by atoms with Crippen LogP contribution in [0, 0.1) is 0 Å². The Bertz CT molecular complexity index is 291. The molecule has 0 unspecified atom stereocenters. The molecule has 1 fully saturated rings. The lowest BCUT2D eigenvalue weighted by atomic mass is 10.0. The van der Waals surface area contributed by atoms with Crippen molar-refractivity contribution in [2.45, 2.75) is 19.4 Å². The molecule has 6 heteroatoms. The van der Waals surface area contributed by atoms with Gasteiger partial charge in [-0.25, -0.2) is 0 Å². The molecular weight excluding hydrogens is 222 g/mol. The Balaban J connectivity index is 2.41. The van der Waals surface area contributed by atoms with Gasteiger partial charge in [-0.3, -0.25) is 14.5 Å². The molecule has 0 atom stereocenters. The van der Waals surface area contributed by atoms with Crippen molar-refractivity contribution < 1.29 is 14.3 Å². The predicted octanol–water partition coefficient (Wildman–Crippen LogP) is -0.959. The van der Waals surface area contributed by atoms with Crippen LogP contribution in [0.4, 0.5) is 0 Å². The minimum atomic E-state index is -0.829. The van der Waals surface area contributed by atoms with Crippen LogP contribution in [0.25, 0.3) is 0 Å². The van der Waals surface area contributed by atoms with Gasteiger partial charge in [0.2, 0.25) is 5.91 Å². The van der Waals surface area contributed by atoms with Crippen LogP contribution >= 0.6 is 0 Å². The lowest BCUT2D eigenvalue weighted by Gasteiger charge is -2.37. The Morgan fingerprint density at radius 2 is 1.76 bits per heavy atom. The number of nitrogens with zero attached hydrogens (tertiary/aromatic N) is 2. The molecule has 0 aliphatic carbocycles. The van der Waals surface area contributed by atoms with Crippen molar-refractivity contribution in [1.82, 2.24) is 9.80 Å². The Kier molecular flexibility index (Phi) is 4.47. The number of carbonyl (C=O) groups excluding carboxylic acids is 2. The Morgan fingerprint density at radius 3 is 2.18 bits per heavy atom. The van der Waals surface area contributed by atoms with Crippen molar-refractivity contribution in [3.05, 3.63) is 0 Å². The molecule has 0 saturated carbocycles. The molecule has 1 heterocycles. The molecule has 2 N–H and O–H groups in total. The number of methoxy groups -OCH3 is 1. The van der Waals surface area contributed by atoms with Crippen LogP contribution in [0.2, 0.25) is 0 Å².